The minimum atomic E-state index is -0.598. The number of hydrazine groups is 1. The lowest BCUT2D eigenvalue weighted by atomic mass is 10.2. The summed E-state index contributed by atoms with van der Waals surface area (Å²) in [5.74, 6) is -0.286. The summed E-state index contributed by atoms with van der Waals surface area (Å²) in [5.41, 5.74) is 4.73. The van der Waals surface area contributed by atoms with Gasteiger partial charge < -0.3 is 14.5 Å². The lowest BCUT2D eigenvalue weighted by Crippen LogP contribution is -2.46. The van der Waals surface area contributed by atoms with Crippen LogP contribution in [0.25, 0.3) is 0 Å². The van der Waals surface area contributed by atoms with Crippen molar-refractivity contribution in [1.82, 2.24) is 16.2 Å². The number of para-hydroxylation sites is 1. The van der Waals surface area contributed by atoms with Crippen LogP contribution in [0.4, 0.5) is 0 Å². The highest BCUT2D eigenvalue weighted by molar-refractivity contribution is 5.97. The van der Waals surface area contributed by atoms with Crippen LogP contribution in [-0.4, -0.2) is 24.3 Å². The molecular weight excluding hydrogens is 362 g/mol. The molecule has 0 radical (unpaired) electrons. The molecule has 0 unspecified atom stereocenters. The summed E-state index contributed by atoms with van der Waals surface area (Å²) in [5, 5.41) is 2.46. The minimum absolute atomic E-state index is 0.0575. The van der Waals surface area contributed by atoms with Crippen LogP contribution in [-0.2, 0) is 4.79 Å². The highest BCUT2D eigenvalue weighted by atomic mass is 16.5. The van der Waals surface area contributed by atoms with Crippen LogP contribution >= 0.6 is 0 Å². The molecule has 3 aromatic rings. The largest absolute Gasteiger partial charge is 0.459 e. The number of hydrogen-bond acceptors (Lipinski definition) is 5. The van der Waals surface area contributed by atoms with Crippen LogP contribution in [0.5, 0.6) is 11.5 Å². The highest BCUT2D eigenvalue weighted by Crippen LogP contribution is 2.21. The first-order chi connectivity index (χ1) is 13.6. The molecule has 3 N–H and O–H groups in total. The molecule has 0 aliphatic carbocycles. The summed E-state index contributed by atoms with van der Waals surface area (Å²) in [6.45, 7) is -0.306. The molecule has 0 saturated heterocycles. The second-order valence-corrected chi connectivity index (χ2v) is 5.60. The zero-order valence-electron chi connectivity index (χ0n) is 14.7. The van der Waals surface area contributed by atoms with Gasteiger partial charge in [-0.15, -0.1) is 0 Å². The van der Waals surface area contributed by atoms with Gasteiger partial charge in [0.2, 0.25) is 0 Å². The fourth-order valence-electron chi connectivity index (χ4n) is 2.20. The van der Waals surface area contributed by atoms with Crippen molar-refractivity contribution in [1.29, 1.82) is 0 Å². The number of nitrogens with one attached hydrogen (secondary N) is 3. The van der Waals surface area contributed by atoms with E-state index in [4.69, 9.17) is 9.15 Å². The van der Waals surface area contributed by atoms with Gasteiger partial charge in [-0.1, -0.05) is 18.2 Å². The van der Waals surface area contributed by atoms with Crippen molar-refractivity contribution in [3.05, 3.63) is 84.3 Å². The molecule has 8 nitrogen and oxygen atoms in total. The van der Waals surface area contributed by atoms with E-state index < -0.39 is 17.7 Å². The molecule has 8 heteroatoms. The maximum atomic E-state index is 12.1. The Morgan fingerprint density at radius 1 is 0.786 bits per heavy atom. The van der Waals surface area contributed by atoms with Gasteiger partial charge in [0, 0.05) is 5.56 Å². The van der Waals surface area contributed by atoms with Crippen molar-refractivity contribution in [2.75, 3.05) is 6.54 Å². The third kappa shape index (κ3) is 5.21. The molecule has 3 rings (SSSR count). The molecule has 0 fully saturated rings. The van der Waals surface area contributed by atoms with Gasteiger partial charge in [-0.25, -0.2) is 0 Å². The molecule has 0 saturated carbocycles. The molecular formula is C20H17N3O5. The van der Waals surface area contributed by atoms with E-state index in [0.717, 1.165) is 0 Å². The maximum Gasteiger partial charge on any atom is 0.305 e. The van der Waals surface area contributed by atoms with Gasteiger partial charge in [0.05, 0.1) is 12.8 Å². The zero-order valence-corrected chi connectivity index (χ0v) is 14.7. The maximum absolute atomic E-state index is 12.1. The van der Waals surface area contributed by atoms with E-state index in [-0.39, 0.29) is 12.3 Å². The van der Waals surface area contributed by atoms with Crippen LogP contribution in [0.1, 0.15) is 20.9 Å². The number of carbonyl (C=O) groups excluding carboxylic acids is 3. The van der Waals surface area contributed by atoms with E-state index >= 15 is 0 Å². The molecule has 0 bridgehead atoms. The molecule has 142 valence electrons. The molecule has 0 aliphatic heterocycles. The van der Waals surface area contributed by atoms with Gasteiger partial charge in [-0.3, -0.25) is 25.2 Å². The number of ether oxygens (including phenoxy) is 1. The highest BCUT2D eigenvalue weighted by Gasteiger charge is 2.11. The van der Waals surface area contributed by atoms with Crippen molar-refractivity contribution < 1.29 is 23.5 Å². The lowest BCUT2D eigenvalue weighted by Gasteiger charge is -2.08. The Morgan fingerprint density at radius 2 is 1.50 bits per heavy atom. The smallest absolute Gasteiger partial charge is 0.305 e. The minimum Gasteiger partial charge on any atom is -0.459 e. The number of hydrogen-bond donors (Lipinski definition) is 3. The van der Waals surface area contributed by atoms with Crippen LogP contribution in [0.2, 0.25) is 0 Å². The predicted molar refractivity (Wildman–Crippen MR) is 99.6 cm³/mol. The Balaban J connectivity index is 1.44. The Bertz CT molecular complexity index is 938. The second-order valence-electron chi connectivity index (χ2n) is 5.60. The molecule has 0 spiro atoms. The molecule has 0 aliphatic rings. The van der Waals surface area contributed by atoms with E-state index in [1.54, 1.807) is 30.3 Å². The predicted octanol–water partition coefficient (Wildman–Crippen LogP) is 2.26. The van der Waals surface area contributed by atoms with Crippen molar-refractivity contribution in [3.8, 4) is 11.5 Å². The van der Waals surface area contributed by atoms with Gasteiger partial charge in [0.1, 0.15) is 11.5 Å². The quantitative estimate of drug-likeness (QED) is 0.569. The summed E-state index contributed by atoms with van der Waals surface area (Å²) >= 11 is 0. The fraction of sp³-hybridized carbons (Fsp3) is 0.0500. The SMILES string of the molecule is O=C(CNC(=O)c1ccc(Oc2ccccc2)cc1)NNC(=O)c1ccco1. The van der Waals surface area contributed by atoms with Crippen LogP contribution in [0.3, 0.4) is 0 Å². The summed E-state index contributed by atoms with van der Waals surface area (Å²) in [6.07, 6.45) is 1.34. The average molecular weight is 379 g/mol. The molecule has 1 heterocycles. The van der Waals surface area contributed by atoms with Gasteiger partial charge in [0.15, 0.2) is 5.76 Å². The van der Waals surface area contributed by atoms with E-state index in [1.807, 2.05) is 30.3 Å². The number of benzene rings is 2. The Labute approximate surface area is 160 Å². The molecule has 28 heavy (non-hydrogen) atoms. The van der Waals surface area contributed by atoms with E-state index in [0.29, 0.717) is 17.1 Å². The van der Waals surface area contributed by atoms with Gasteiger partial charge >= 0.3 is 5.91 Å². The first-order valence-electron chi connectivity index (χ1n) is 8.35. The first-order valence-corrected chi connectivity index (χ1v) is 8.35. The van der Waals surface area contributed by atoms with Gasteiger partial charge in [-0.05, 0) is 48.5 Å². The Kier molecular flexibility index (Phi) is 6.04. The number of carbonyl (C=O) groups is 3. The third-order valence-electron chi connectivity index (χ3n) is 3.57. The monoisotopic (exact) mass is 379 g/mol. The lowest BCUT2D eigenvalue weighted by molar-refractivity contribution is -0.120. The molecule has 1 aromatic heterocycles. The summed E-state index contributed by atoms with van der Waals surface area (Å²) < 4.78 is 10.5. The van der Waals surface area contributed by atoms with Crippen molar-refractivity contribution in [2.24, 2.45) is 0 Å². The van der Waals surface area contributed by atoms with E-state index in [1.165, 1.54) is 12.3 Å². The standard InChI is InChI=1S/C20H17N3O5/c24-18(22-23-20(26)17-7-4-12-27-17)13-21-19(25)14-8-10-16(11-9-14)28-15-5-2-1-3-6-15/h1-12H,13H2,(H,21,25)(H,22,24)(H,23,26). The number of furan rings is 1. The summed E-state index contributed by atoms with van der Waals surface area (Å²) in [7, 11) is 0. The Hall–Kier alpha value is -4.07. The zero-order chi connectivity index (χ0) is 19.8. The van der Waals surface area contributed by atoms with Crippen LogP contribution < -0.4 is 20.9 Å². The Morgan fingerprint density at radius 3 is 2.18 bits per heavy atom. The third-order valence-corrected chi connectivity index (χ3v) is 3.57. The number of amides is 3. The van der Waals surface area contributed by atoms with Crippen LogP contribution in [0, 0.1) is 0 Å². The topological polar surface area (TPSA) is 110 Å². The fourth-order valence-corrected chi connectivity index (χ4v) is 2.20. The average Bonchev–Trinajstić information content (AvgIpc) is 3.26. The van der Waals surface area contributed by atoms with E-state index in [9.17, 15) is 14.4 Å². The summed E-state index contributed by atoms with van der Waals surface area (Å²) in [6, 6.07) is 18.7. The van der Waals surface area contributed by atoms with Crippen LogP contribution in [0.15, 0.2) is 77.4 Å². The van der Waals surface area contributed by atoms with Gasteiger partial charge in [0.25, 0.3) is 11.8 Å². The van der Waals surface area contributed by atoms with Crippen molar-refractivity contribution >= 4 is 17.7 Å². The molecule has 3 amide bonds. The van der Waals surface area contributed by atoms with Gasteiger partial charge in [-0.2, -0.15) is 0 Å². The number of rotatable bonds is 6. The van der Waals surface area contributed by atoms with E-state index in [2.05, 4.69) is 16.2 Å². The second kappa shape index (κ2) is 9.04. The summed E-state index contributed by atoms with van der Waals surface area (Å²) in [4.78, 5) is 35.4. The van der Waals surface area contributed by atoms with Crippen molar-refractivity contribution in [2.45, 2.75) is 0 Å². The van der Waals surface area contributed by atoms with Crippen molar-refractivity contribution in [3.63, 3.8) is 0 Å². The first kappa shape index (κ1) is 18.7. The molecule has 2 aromatic carbocycles. The molecule has 0 atom stereocenters. The normalized spacial score (nSPS) is 10.0.